The summed E-state index contributed by atoms with van der Waals surface area (Å²) < 4.78 is 108. The zero-order valence-corrected chi connectivity index (χ0v) is 21.0. The maximum absolute atomic E-state index is 14.4. The van der Waals surface area contributed by atoms with Crippen LogP contribution in [-0.4, -0.2) is 36.7 Å². The van der Waals surface area contributed by atoms with Crippen LogP contribution in [0.15, 0.2) is 12.2 Å². The third-order valence-electron chi connectivity index (χ3n) is 6.81. The minimum Gasteiger partial charge on any atom is -0.487 e. The standard InChI is InChI=1S/C27H27F7O5/c1-38-17(37)7-5-3-2-4-6-15-13(9-11-16(15)36)8-10-14(35)12-39-27-19-18(21(29)25(33)26(27)34)20(28)23(31)24(32)22(19)30/h8,10,13-15,35H,2-7,9,11-12H2,1H3/b10-8+/t13-,14+,15+/m0/s1. The number of methoxy groups -OCH3 is 1. The van der Waals surface area contributed by atoms with Crippen LogP contribution in [0, 0.1) is 52.6 Å². The van der Waals surface area contributed by atoms with Crippen molar-refractivity contribution < 1.29 is 54.9 Å². The molecule has 0 radical (unpaired) electrons. The second-order valence-corrected chi connectivity index (χ2v) is 9.34. The van der Waals surface area contributed by atoms with Crippen LogP contribution in [0.1, 0.15) is 51.4 Å². The fraction of sp³-hybridized carbons (Fsp3) is 0.481. The molecule has 1 aliphatic rings. The number of unbranched alkanes of at least 4 members (excludes halogenated alkanes) is 3. The first-order chi connectivity index (χ1) is 18.5. The number of hydrogen-bond acceptors (Lipinski definition) is 5. The number of rotatable bonds is 12. The first-order valence-electron chi connectivity index (χ1n) is 12.4. The van der Waals surface area contributed by atoms with Gasteiger partial charge < -0.3 is 14.6 Å². The van der Waals surface area contributed by atoms with E-state index >= 15 is 0 Å². The summed E-state index contributed by atoms with van der Waals surface area (Å²) in [5.74, 6) is -18.1. The van der Waals surface area contributed by atoms with Gasteiger partial charge in [0.2, 0.25) is 5.82 Å². The fourth-order valence-electron chi connectivity index (χ4n) is 4.73. The molecule has 0 heterocycles. The second kappa shape index (κ2) is 13.3. The van der Waals surface area contributed by atoms with E-state index in [0.29, 0.717) is 32.1 Å². The molecule has 2 aromatic carbocycles. The molecule has 3 rings (SSSR count). The molecule has 0 spiro atoms. The Bertz CT molecular complexity index is 1260. The summed E-state index contributed by atoms with van der Waals surface area (Å²) in [6.45, 7) is -0.862. The number of carbonyl (C=O) groups excluding carboxylic acids is 2. The molecule has 0 aromatic heterocycles. The van der Waals surface area contributed by atoms with Gasteiger partial charge in [-0.05, 0) is 25.2 Å². The van der Waals surface area contributed by atoms with Crippen LogP contribution >= 0.6 is 0 Å². The highest BCUT2D eigenvalue weighted by Crippen LogP contribution is 2.39. The van der Waals surface area contributed by atoms with Crippen LogP contribution in [-0.2, 0) is 14.3 Å². The third-order valence-corrected chi connectivity index (χ3v) is 6.81. The lowest BCUT2D eigenvalue weighted by Crippen LogP contribution is -2.18. The average Bonchev–Trinajstić information content (AvgIpc) is 3.27. The fourth-order valence-corrected chi connectivity index (χ4v) is 4.73. The van der Waals surface area contributed by atoms with Crippen LogP contribution < -0.4 is 4.74 Å². The Kier molecular flexibility index (Phi) is 10.3. The van der Waals surface area contributed by atoms with E-state index in [1.165, 1.54) is 13.2 Å². The summed E-state index contributed by atoms with van der Waals surface area (Å²) in [6.07, 6.45) is 6.08. The number of aliphatic hydroxyl groups is 1. The Balaban J connectivity index is 1.65. The molecule has 1 aliphatic carbocycles. The number of benzene rings is 2. The first kappa shape index (κ1) is 30.4. The van der Waals surface area contributed by atoms with Crippen molar-refractivity contribution in [3.05, 3.63) is 52.9 Å². The van der Waals surface area contributed by atoms with Gasteiger partial charge in [-0.15, -0.1) is 0 Å². The second-order valence-electron chi connectivity index (χ2n) is 9.34. The van der Waals surface area contributed by atoms with Crippen molar-refractivity contribution in [3.63, 3.8) is 0 Å². The van der Waals surface area contributed by atoms with Crippen molar-refractivity contribution in [1.82, 2.24) is 0 Å². The molecule has 0 aliphatic heterocycles. The van der Waals surface area contributed by atoms with Crippen molar-refractivity contribution in [2.24, 2.45) is 11.8 Å². The zero-order chi connectivity index (χ0) is 28.9. The Morgan fingerprint density at radius 1 is 0.897 bits per heavy atom. The Morgan fingerprint density at radius 3 is 2.13 bits per heavy atom. The molecule has 1 saturated carbocycles. The molecular weight excluding hydrogens is 537 g/mol. The number of carbonyl (C=O) groups is 2. The van der Waals surface area contributed by atoms with E-state index in [4.69, 9.17) is 4.74 Å². The first-order valence-corrected chi connectivity index (χ1v) is 12.4. The van der Waals surface area contributed by atoms with Gasteiger partial charge in [-0.1, -0.05) is 31.4 Å². The van der Waals surface area contributed by atoms with Gasteiger partial charge in [-0.2, -0.15) is 4.39 Å². The molecule has 3 atom stereocenters. The normalized spacial score (nSPS) is 18.3. The minimum atomic E-state index is -2.42. The molecule has 12 heteroatoms. The highest BCUT2D eigenvalue weighted by atomic mass is 19.2. The number of aliphatic hydroxyl groups excluding tert-OH is 1. The van der Waals surface area contributed by atoms with Crippen LogP contribution in [0.25, 0.3) is 10.8 Å². The molecule has 1 fully saturated rings. The minimum absolute atomic E-state index is 0.0621. The number of Topliss-reactive ketones (excluding diaryl/α,β-unsaturated/α-hetero) is 1. The summed E-state index contributed by atoms with van der Waals surface area (Å²) >= 11 is 0. The van der Waals surface area contributed by atoms with E-state index in [9.17, 15) is 45.4 Å². The SMILES string of the molecule is COC(=O)CCCCCC[C@H]1C(=O)CC[C@@H]1/C=C/[C@@H](O)COc1c(F)c(F)c(F)c2c(F)c(F)c(F)c(F)c12. The molecule has 2 aromatic rings. The van der Waals surface area contributed by atoms with Crippen LogP contribution in [0.3, 0.4) is 0 Å². The van der Waals surface area contributed by atoms with Gasteiger partial charge in [0.15, 0.2) is 40.7 Å². The third kappa shape index (κ3) is 6.71. The molecule has 0 bridgehead atoms. The van der Waals surface area contributed by atoms with Crippen molar-refractivity contribution in [3.8, 4) is 5.75 Å². The van der Waals surface area contributed by atoms with Gasteiger partial charge in [0.05, 0.1) is 17.9 Å². The summed E-state index contributed by atoms with van der Waals surface area (Å²) in [6, 6.07) is 0. The zero-order valence-electron chi connectivity index (χ0n) is 21.0. The van der Waals surface area contributed by atoms with Crippen LogP contribution in [0.2, 0.25) is 0 Å². The maximum atomic E-state index is 14.4. The molecular formula is C27H27F7O5. The van der Waals surface area contributed by atoms with Gasteiger partial charge in [0, 0.05) is 18.8 Å². The predicted molar refractivity (Wildman–Crippen MR) is 125 cm³/mol. The van der Waals surface area contributed by atoms with E-state index in [1.807, 2.05) is 0 Å². The number of fused-ring (bicyclic) bond motifs is 1. The topological polar surface area (TPSA) is 72.8 Å². The number of halogens is 7. The van der Waals surface area contributed by atoms with Crippen LogP contribution in [0.5, 0.6) is 5.75 Å². The quantitative estimate of drug-likeness (QED) is 0.0828. The van der Waals surface area contributed by atoms with Gasteiger partial charge in [-0.25, -0.2) is 26.3 Å². The van der Waals surface area contributed by atoms with Crippen molar-refractivity contribution in [1.29, 1.82) is 0 Å². The van der Waals surface area contributed by atoms with Gasteiger partial charge >= 0.3 is 5.97 Å². The molecule has 214 valence electrons. The number of ketones is 1. The molecule has 5 nitrogen and oxygen atoms in total. The molecule has 1 N–H and O–H groups in total. The van der Waals surface area contributed by atoms with Gasteiger partial charge in [0.25, 0.3) is 0 Å². The number of esters is 1. The highest BCUT2D eigenvalue weighted by Gasteiger charge is 2.33. The van der Waals surface area contributed by atoms with E-state index in [1.54, 1.807) is 6.08 Å². The number of hydrogen-bond donors (Lipinski definition) is 1. The lowest BCUT2D eigenvalue weighted by molar-refractivity contribution is -0.140. The van der Waals surface area contributed by atoms with Gasteiger partial charge in [0.1, 0.15) is 18.5 Å². The van der Waals surface area contributed by atoms with Crippen molar-refractivity contribution in [2.45, 2.75) is 57.5 Å². The Morgan fingerprint density at radius 2 is 1.49 bits per heavy atom. The monoisotopic (exact) mass is 564 g/mol. The van der Waals surface area contributed by atoms with E-state index in [2.05, 4.69) is 4.74 Å². The summed E-state index contributed by atoms with van der Waals surface area (Å²) in [5, 5.41) is 7.07. The summed E-state index contributed by atoms with van der Waals surface area (Å²) in [5.41, 5.74) is 0. The number of allylic oxidation sites excluding steroid dienone is 1. The molecule has 0 saturated heterocycles. The summed E-state index contributed by atoms with van der Waals surface area (Å²) in [7, 11) is 1.32. The van der Waals surface area contributed by atoms with E-state index < -0.39 is 70.0 Å². The van der Waals surface area contributed by atoms with Crippen LogP contribution in [0.4, 0.5) is 30.7 Å². The van der Waals surface area contributed by atoms with Crippen molar-refractivity contribution >= 4 is 22.5 Å². The Labute approximate surface area is 219 Å². The smallest absolute Gasteiger partial charge is 0.305 e. The lowest BCUT2D eigenvalue weighted by Gasteiger charge is -2.17. The van der Waals surface area contributed by atoms with E-state index in [0.717, 1.165) is 19.3 Å². The molecule has 0 amide bonds. The largest absolute Gasteiger partial charge is 0.487 e. The van der Waals surface area contributed by atoms with Gasteiger partial charge in [-0.3, -0.25) is 9.59 Å². The van der Waals surface area contributed by atoms with E-state index in [-0.39, 0.29) is 23.6 Å². The summed E-state index contributed by atoms with van der Waals surface area (Å²) in [4.78, 5) is 23.4. The molecule has 39 heavy (non-hydrogen) atoms. The Hall–Kier alpha value is -3.15. The number of ether oxygens (including phenoxy) is 2. The van der Waals surface area contributed by atoms with Crippen molar-refractivity contribution in [2.75, 3.05) is 13.7 Å². The average molecular weight is 564 g/mol. The molecule has 0 unspecified atom stereocenters. The maximum Gasteiger partial charge on any atom is 0.305 e. The lowest BCUT2D eigenvalue weighted by atomic mass is 9.89. The predicted octanol–water partition coefficient (Wildman–Crippen LogP) is 6.22. The highest BCUT2D eigenvalue weighted by molar-refractivity contribution is 5.90.